The molecule has 0 bridgehead atoms. The first kappa shape index (κ1) is 14.9. The van der Waals surface area contributed by atoms with Gasteiger partial charge in [-0.3, -0.25) is 14.2 Å². The van der Waals surface area contributed by atoms with E-state index in [0.29, 0.717) is 11.6 Å². The fourth-order valence-electron chi connectivity index (χ4n) is 3.36. The van der Waals surface area contributed by atoms with Crippen molar-refractivity contribution in [2.24, 2.45) is 0 Å². The molecule has 0 aliphatic heterocycles. The Hall–Kier alpha value is -2.69. The summed E-state index contributed by atoms with van der Waals surface area (Å²) >= 11 is 0. The molecule has 0 unspecified atom stereocenters. The largest absolute Gasteiger partial charge is 0.349 e. The van der Waals surface area contributed by atoms with Crippen LogP contribution >= 0.6 is 0 Å². The molecule has 1 aliphatic rings. The number of imidazole rings is 1. The average molecular weight is 320 g/mol. The number of carbonyl (C=O) groups is 1. The number of fused-ring (bicyclic) bond motifs is 1. The van der Waals surface area contributed by atoms with Crippen LogP contribution in [0.1, 0.15) is 42.5 Å². The van der Waals surface area contributed by atoms with Crippen molar-refractivity contribution in [1.29, 1.82) is 0 Å². The molecule has 24 heavy (non-hydrogen) atoms. The fraction of sp³-hybridized carbons (Fsp3) is 0.316. The van der Waals surface area contributed by atoms with Gasteiger partial charge in [0.1, 0.15) is 0 Å². The Kier molecular flexibility index (Phi) is 3.99. The number of hydrogen-bond acceptors (Lipinski definition) is 3. The number of rotatable bonds is 3. The van der Waals surface area contributed by atoms with Crippen molar-refractivity contribution in [3.63, 3.8) is 0 Å². The van der Waals surface area contributed by atoms with Crippen molar-refractivity contribution in [3.8, 4) is 11.3 Å². The van der Waals surface area contributed by atoms with Gasteiger partial charge in [-0.2, -0.15) is 0 Å². The van der Waals surface area contributed by atoms with Gasteiger partial charge in [0, 0.05) is 29.6 Å². The third kappa shape index (κ3) is 2.89. The van der Waals surface area contributed by atoms with Gasteiger partial charge in [-0.15, -0.1) is 0 Å². The second-order valence-electron chi connectivity index (χ2n) is 6.33. The first-order chi connectivity index (χ1) is 11.8. The molecule has 2 heterocycles. The summed E-state index contributed by atoms with van der Waals surface area (Å²) in [5, 5.41) is 3.15. The lowest BCUT2D eigenvalue weighted by atomic mass is 9.95. The lowest BCUT2D eigenvalue weighted by Gasteiger charge is -2.22. The van der Waals surface area contributed by atoms with Gasteiger partial charge in [-0.1, -0.05) is 31.4 Å². The van der Waals surface area contributed by atoms with E-state index in [1.807, 2.05) is 41.1 Å². The first-order valence-corrected chi connectivity index (χ1v) is 8.49. The van der Waals surface area contributed by atoms with Crippen molar-refractivity contribution < 1.29 is 4.79 Å². The number of amides is 1. The van der Waals surface area contributed by atoms with E-state index in [1.54, 1.807) is 12.4 Å². The molecule has 5 heteroatoms. The van der Waals surface area contributed by atoms with Crippen LogP contribution in [0.25, 0.3) is 16.9 Å². The lowest BCUT2D eigenvalue weighted by Crippen LogP contribution is -2.36. The number of nitrogens with one attached hydrogen (secondary N) is 1. The normalized spacial score (nSPS) is 15.5. The molecule has 0 spiro atoms. The molecule has 5 nitrogen and oxygen atoms in total. The number of carbonyl (C=O) groups excluding carboxylic acids is 1. The standard InChI is InChI=1S/C19H20N4O/c24-19(22-16-4-2-1-3-5-16)15-8-6-14(7-9-15)17-12-21-18-13-20-10-11-23(17)18/h6-13,16H,1-5H2,(H,22,24). The van der Waals surface area contributed by atoms with Gasteiger partial charge in [0.05, 0.1) is 18.1 Å². The van der Waals surface area contributed by atoms with E-state index in [-0.39, 0.29) is 5.91 Å². The lowest BCUT2D eigenvalue weighted by molar-refractivity contribution is 0.0928. The zero-order valence-electron chi connectivity index (χ0n) is 13.5. The second-order valence-corrected chi connectivity index (χ2v) is 6.33. The predicted octanol–water partition coefficient (Wildman–Crippen LogP) is 3.46. The summed E-state index contributed by atoms with van der Waals surface area (Å²) < 4.78 is 1.99. The highest BCUT2D eigenvalue weighted by Crippen LogP contribution is 2.21. The van der Waals surface area contributed by atoms with E-state index >= 15 is 0 Å². The summed E-state index contributed by atoms with van der Waals surface area (Å²) in [5.74, 6) is 0.0239. The quantitative estimate of drug-likeness (QED) is 0.804. The SMILES string of the molecule is O=C(NC1CCCCC1)c1ccc(-c2cnc3cnccn23)cc1. The van der Waals surface area contributed by atoms with E-state index < -0.39 is 0 Å². The third-order valence-electron chi connectivity index (χ3n) is 4.70. The molecular formula is C19H20N4O. The molecule has 1 saturated carbocycles. The van der Waals surface area contributed by atoms with Gasteiger partial charge < -0.3 is 5.32 Å². The minimum Gasteiger partial charge on any atom is -0.349 e. The highest BCUT2D eigenvalue weighted by molar-refractivity contribution is 5.94. The molecule has 1 N–H and O–H groups in total. The molecular weight excluding hydrogens is 300 g/mol. The molecule has 4 rings (SSSR count). The van der Waals surface area contributed by atoms with Crippen LogP contribution in [0.5, 0.6) is 0 Å². The van der Waals surface area contributed by atoms with Crippen LogP contribution in [0.2, 0.25) is 0 Å². The molecule has 1 aliphatic carbocycles. The average Bonchev–Trinajstić information content (AvgIpc) is 3.07. The van der Waals surface area contributed by atoms with Gasteiger partial charge in [0.2, 0.25) is 0 Å². The molecule has 1 fully saturated rings. The maximum absolute atomic E-state index is 12.4. The molecule has 122 valence electrons. The summed E-state index contributed by atoms with van der Waals surface area (Å²) in [6, 6.07) is 8.04. The molecule has 0 radical (unpaired) electrons. The Morgan fingerprint density at radius 2 is 1.88 bits per heavy atom. The van der Waals surface area contributed by atoms with E-state index in [0.717, 1.165) is 29.7 Å². The van der Waals surface area contributed by atoms with Gasteiger partial charge in [0.15, 0.2) is 5.65 Å². The van der Waals surface area contributed by atoms with Gasteiger partial charge in [-0.05, 0) is 25.0 Å². The van der Waals surface area contributed by atoms with Crippen molar-refractivity contribution in [2.75, 3.05) is 0 Å². The Bertz CT molecular complexity index is 847. The van der Waals surface area contributed by atoms with E-state index in [2.05, 4.69) is 15.3 Å². The topological polar surface area (TPSA) is 59.3 Å². The highest BCUT2D eigenvalue weighted by atomic mass is 16.1. The molecule has 1 aromatic carbocycles. The number of nitrogens with zero attached hydrogens (tertiary/aromatic N) is 3. The number of benzene rings is 1. The Labute approximate surface area is 140 Å². The van der Waals surface area contributed by atoms with Crippen LogP contribution < -0.4 is 5.32 Å². The van der Waals surface area contributed by atoms with Gasteiger partial charge >= 0.3 is 0 Å². The maximum Gasteiger partial charge on any atom is 0.251 e. The van der Waals surface area contributed by atoms with Gasteiger partial charge in [-0.25, -0.2) is 4.98 Å². The fourth-order valence-corrected chi connectivity index (χ4v) is 3.36. The van der Waals surface area contributed by atoms with Crippen LogP contribution in [0.4, 0.5) is 0 Å². The molecule has 2 aromatic heterocycles. The van der Waals surface area contributed by atoms with Crippen molar-refractivity contribution in [1.82, 2.24) is 19.7 Å². The molecule has 0 atom stereocenters. The minimum absolute atomic E-state index is 0.0239. The Morgan fingerprint density at radius 1 is 1.08 bits per heavy atom. The van der Waals surface area contributed by atoms with Crippen molar-refractivity contribution >= 4 is 11.6 Å². The first-order valence-electron chi connectivity index (χ1n) is 8.49. The van der Waals surface area contributed by atoms with Crippen molar-refractivity contribution in [3.05, 3.63) is 54.6 Å². The summed E-state index contributed by atoms with van der Waals surface area (Å²) in [5.41, 5.74) is 3.54. The molecule has 0 saturated heterocycles. The summed E-state index contributed by atoms with van der Waals surface area (Å²) in [7, 11) is 0. The van der Waals surface area contributed by atoms with Gasteiger partial charge in [0.25, 0.3) is 5.91 Å². The van der Waals surface area contributed by atoms with E-state index in [1.165, 1.54) is 19.3 Å². The third-order valence-corrected chi connectivity index (χ3v) is 4.70. The van der Waals surface area contributed by atoms with Crippen LogP contribution in [0.15, 0.2) is 49.1 Å². The smallest absolute Gasteiger partial charge is 0.251 e. The minimum atomic E-state index is 0.0239. The molecule has 1 amide bonds. The Morgan fingerprint density at radius 3 is 2.67 bits per heavy atom. The van der Waals surface area contributed by atoms with Crippen LogP contribution in [0, 0.1) is 0 Å². The zero-order chi connectivity index (χ0) is 16.4. The summed E-state index contributed by atoms with van der Waals surface area (Å²) in [4.78, 5) is 20.8. The maximum atomic E-state index is 12.4. The monoisotopic (exact) mass is 320 g/mol. The molecule has 3 aromatic rings. The number of aromatic nitrogens is 3. The summed E-state index contributed by atoms with van der Waals surface area (Å²) in [6.07, 6.45) is 13.1. The van der Waals surface area contributed by atoms with Crippen LogP contribution in [0.3, 0.4) is 0 Å². The van der Waals surface area contributed by atoms with Crippen LogP contribution in [-0.2, 0) is 0 Å². The second kappa shape index (κ2) is 6.43. The number of hydrogen-bond donors (Lipinski definition) is 1. The summed E-state index contributed by atoms with van der Waals surface area (Å²) in [6.45, 7) is 0. The Balaban J connectivity index is 1.53. The predicted molar refractivity (Wildman–Crippen MR) is 92.8 cm³/mol. The van der Waals surface area contributed by atoms with Crippen LogP contribution in [-0.4, -0.2) is 26.3 Å². The van der Waals surface area contributed by atoms with E-state index in [9.17, 15) is 4.79 Å². The van der Waals surface area contributed by atoms with E-state index in [4.69, 9.17) is 0 Å². The highest BCUT2D eigenvalue weighted by Gasteiger charge is 2.16. The van der Waals surface area contributed by atoms with Crippen molar-refractivity contribution in [2.45, 2.75) is 38.1 Å². The zero-order valence-corrected chi connectivity index (χ0v) is 13.5.